The molecule has 3 N–H and O–H groups in total. The van der Waals surface area contributed by atoms with Crippen molar-refractivity contribution in [2.24, 2.45) is 4.99 Å². The maximum Gasteiger partial charge on any atom is 0.418 e. The molecule has 0 radical (unpaired) electrons. The van der Waals surface area contributed by atoms with E-state index in [1.165, 1.54) is 24.3 Å². The van der Waals surface area contributed by atoms with Gasteiger partial charge in [-0.2, -0.15) is 13.2 Å². The van der Waals surface area contributed by atoms with Crippen LogP contribution in [0.1, 0.15) is 17.5 Å². The van der Waals surface area contributed by atoms with Crippen LogP contribution in [0.5, 0.6) is 5.88 Å². The van der Waals surface area contributed by atoms with Crippen LogP contribution in [-0.4, -0.2) is 48.4 Å². The molecule has 5 nitrogen and oxygen atoms in total. The molecule has 1 heterocycles. The Morgan fingerprint density at radius 2 is 1.97 bits per heavy atom. The van der Waals surface area contributed by atoms with Crippen LogP contribution in [0.4, 0.5) is 28.9 Å². The fourth-order valence-electron chi connectivity index (χ4n) is 3.10. The quantitative estimate of drug-likeness (QED) is 0.281. The van der Waals surface area contributed by atoms with Gasteiger partial charge in [-0.3, -0.25) is 4.99 Å². The SMILES string of the molecule is CN(C)CCCNc1ccc(N=Cc2c(O)[nH]c3cccc(F)c23)cc1C(F)(F)F. The minimum atomic E-state index is -4.57. The van der Waals surface area contributed by atoms with Crippen molar-refractivity contribution in [1.82, 2.24) is 9.88 Å². The number of rotatable bonds is 7. The van der Waals surface area contributed by atoms with Crippen molar-refractivity contribution in [3.05, 3.63) is 53.3 Å². The Balaban J connectivity index is 1.88. The third-order valence-electron chi connectivity index (χ3n) is 4.54. The molecule has 0 bridgehead atoms. The lowest BCUT2D eigenvalue weighted by Crippen LogP contribution is -2.17. The maximum atomic E-state index is 14.1. The number of aromatic nitrogens is 1. The molecule has 0 amide bonds. The Morgan fingerprint density at radius 3 is 2.67 bits per heavy atom. The number of nitrogens with zero attached hydrogens (tertiary/aromatic N) is 2. The van der Waals surface area contributed by atoms with E-state index >= 15 is 0 Å². The van der Waals surface area contributed by atoms with Gasteiger partial charge in [0, 0.05) is 23.8 Å². The van der Waals surface area contributed by atoms with Gasteiger partial charge in [0.05, 0.1) is 22.3 Å². The number of aromatic hydroxyl groups is 1. The lowest BCUT2D eigenvalue weighted by atomic mass is 10.1. The Bertz CT molecular complexity index is 1060. The van der Waals surface area contributed by atoms with E-state index in [1.807, 2.05) is 19.0 Å². The van der Waals surface area contributed by atoms with Crippen molar-refractivity contribution < 1.29 is 22.7 Å². The minimum absolute atomic E-state index is 0.0267. The highest BCUT2D eigenvalue weighted by Crippen LogP contribution is 2.37. The lowest BCUT2D eigenvalue weighted by molar-refractivity contribution is -0.136. The van der Waals surface area contributed by atoms with Crippen LogP contribution in [0, 0.1) is 5.82 Å². The first-order chi connectivity index (χ1) is 14.2. The average Bonchev–Trinajstić information content (AvgIpc) is 2.99. The monoisotopic (exact) mass is 422 g/mol. The molecule has 0 saturated heterocycles. The van der Waals surface area contributed by atoms with Crippen LogP contribution in [-0.2, 0) is 6.18 Å². The summed E-state index contributed by atoms with van der Waals surface area (Å²) in [4.78, 5) is 8.60. The van der Waals surface area contributed by atoms with Crippen LogP contribution in [0.3, 0.4) is 0 Å². The third-order valence-corrected chi connectivity index (χ3v) is 4.54. The summed E-state index contributed by atoms with van der Waals surface area (Å²) in [5.41, 5.74) is -0.395. The summed E-state index contributed by atoms with van der Waals surface area (Å²) in [6.07, 6.45) is -2.73. The normalized spacial score (nSPS) is 12.4. The number of aliphatic imine (C=N–C) groups is 1. The molecule has 30 heavy (non-hydrogen) atoms. The highest BCUT2D eigenvalue weighted by Gasteiger charge is 2.33. The summed E-state index contributed by atoms with van der Waals surface area (Å²) in [5.74, 6) is -0.882. The van der Waals surface area contributed by atoms with E-state index in [9.17, 15) is 22.7 Å². The van der Waals surface area contributed by atoms with Crippen LogP contribution < -0.4 is 5.32 Å². The molecule has 0 saturated carbocycles. The predicted molar refractivity (Wildman–Crippen MR) is 110 cm³/mol. The average molecular weight is 422 g/mol. The van der Waals surface area contributed by atoms with Gasteiger partial charge in [-0.25, -0.2) is 4.39 Å². The highest BCUT2D eigenvalue weighted by atomic mass is 19.4. The van der Waals surface area contributed by atoms with Gasteiger partial charge in [-0.15, -0.1) is 0 Å². The van der Waals surface area contributed by atoms with Crippen molar-refractivity contribution in [3.8, 4) is 5.88 Å². The number of aromatic amines is 1. The zero-order chi connectivity index (χ0) is 21.9. The first-order valence-corrected chi connectivity index (χ1v) is 9.30. The van der Waals surface area contributed by atoms with E-state index in [0.717, 1.165) is 18.8 Å². The predicted octanol–water partition coefficient (Wildman–Crippen LogP) is 5.15. The van der Waals surface area contributed by atoms with E-state index in [2.05, 4.69) is 15.3 Å². The van der Waals surface area contributed by atoms with Gasteiger partial charge in [0.2, 0.25) is 0 Å². The number of H-pyrrole nitrogens is 1. The number of halogens is 4. The van der Waals surface area contributed by atoms with E-state index in [-0.39, 0.29) is 28.2 Å². The molecule has 2 aromatic carbocycles. The van der Waals surface area contributed by atoms with Crippen LogP contribution >= 0.6 is 0 Å². The van der Waals surface area contributed by atoms with Gasteiger partial charge in [-0.1, -0.05) is 6.07 Å². The second kappa shape index (κ2) is 8.74. The number of fused-ring (bicyclic) bond motifs is 1. The molecule has 0 aliphatic carbocycles. The van der Waals surface area contributed by atoms with Gasteiger partial charge >= 0.3 is 6.18 Å². The molecule has 3 aromatic rings. The van der Waals surface area contributed by atoms with Gasteiger partial charge in [-0.05, 0) is 57.4 Å². The summed E-state index contributed by atoms with van der Waals surface area (Å²) >= 11 is 0. The topological polar surface area (TPSA) is 63.6 Å². The summed E-state index contributed by atoms with van der Waals surface area (Å²) in [6.45, 7) is 1.15. The number of hydrogen-bond acceptors (Lipinski definition) is 4. The summed E-state index contributed by atoms with van der Waals surface area (Å²) in [6, 6.07) is 7.96. The molecule has 160 valence electrons. The second-order valence-corrected chi connectivity index (χ2v) is 7.12. The van der Waals surface area contributed by atoms with Gasteiger partial charge in [0.15, 0.2) is 5.88 Å². The van der Waals surface area contributed by atoms with E-state index in [0.29, 0.717) is 18.5 Å². The zero-order valence-electron chi connectivity index (χ0n) is 16.5. The Kier molecular flexibility index (Phi) is 6.31. The molecule has 1 aromatic heterocycles. The molecule has 3 rings (SSSR count). The van der Waals surface area contributed by atoms with Crippen LogP contribution in [0.2, 0.25) is 0 Å². The number of hydrogen-bond donors (Lipinski definition) is 3. The summed E-state index contributed by atoms with van der Waals surface area (Å²) in [7, 11) is 3.79. The number of anilines is 1. The van der Waals surface area contributed by atoms with Gasteiger partial charge in [0.1, 0.15) is 5.82 Å². The van der Waals surface area contributed by atoms with Crippen molar-refractivity contribution in [1.29, 1.82) is 0 Å². The summed E-state index contributed by atoms with van der Waals surface area (Å²) < 4.78 is 54.6. The Morgan fingerprint density at radius 1 is 1.20 bits per heavy atom. The molecule has 0 aliphatic rings. The standard InChI is InChI=1S/C21H22F4N4O/c1-29(2)10-4-9-26-17-8-7-13(11-15(17)21(23,24)25)27-12-14-19-16(22)5-3-6-18(19)28-20(14)30/h3,5-8,11-12,26,28,30H,4,9-10H2,1-2H3. The first-order valence-electron chi connectivity index (χ1n) is 9.30. The molecule has 0 aliphatic heterocycles. The number of nitrogens with one attached hydrogen (secondary N) is 2. The minimum Gasteiger partial charge on any atom is -0.494 e. The fraction of sp³-hybridized carbons (Fsp3) is 0.286. The Labute approximate surface area is 171 Å². The highest BCUT2D eigenvalue weighted by molar-refractivity contribution is 6.02. The molecule has 0 spiro atoms. The molecular formula is C21H22F4N4O. The number of alkyl halides is 3. The number of benzene rings is 2. The second-order valence-electron chi connectivity index (χ2n) is 7.12. The van der Waals surface area contributed by atoms with Gasteiger partial charge in [0.25, 0.3) is 0 Å². The van der Waals surface area contributed by atoms with E-state index in [1.54, 1.807) is 6.07 Å². The van der Waals surface area contributed by atoms with Crippen molar-refractivity contribution in [2.75, 3.05) is 32.5 Å². The zero-order valence-corrected chi connectivity index (χ0v) is 16.5. The molecule has 0 fully saturated rings. The van der Waals surface area contributed by atoms with Crippen LogP contribution in [0.15, 0.2) is 41.4 Å². The van der Waals surface area contributed by atoms with Crippen LogP contribution in [0.25, 0.3) is 10.9 Å². The maximum absolute atomic E-state index is 14.1. The first kappa shape index (κ1) is 21.6. The Hall–Kier alpha value is -3.07. The molecule has 0 unspecified atom stereocenters. The fourth-order valence-corrected chi connectivity index (χ4v) is 3.10. The summed E-state index contributed by atoms with van der Waals surface area (Å²) in [5, 5.41) is 13.0. The molecule has 9 heteroatoms. The van der Waals surface area contributed by atoms with E-state index < -0.39 is 17.6 Å². The van der Waals surface area contributed by atoms with Crippen molar-refractivity contribution >= 4 is 28.5 Å². The largest absolute Gasteiger partial charge is 0.494 e. The molecular weight excluding hydrogens is 400 g/mol. The van der Waals surface area contributed by atoms with Crippen molar-refractivity contribution in [3.63, 3.8) is 0 Å². The third kappa shape index (κ3) is 4.91. The van der Waals surface area contributed by atoms with Gasteiger partial charge < -0.3 is 20.3 Å². The lowest BCUT2D eigenvalue weighted by Gasteiger charge is -2.16. The molecule has 0 atom stereocenters. The van der Waals surface area contributed by atoms with E-state index in [4.69, 9.17) is 0 Å². The van der Waals surface area contributed by atoms with Crippen molar-refractivity contribution in [2.45, 2.75) is 12.6 Å². The smallest absolute Gasteiger partial charge is 0.418 e.